The van der Waals surface area contributed by atoms with Crippen LogP contribution in [-0.4, -0.2) is 18.0 Å². The van der Waals surface area contributed by atoms with E-state index < -0.39 is 0 Å². The number of hydrogen-bond acceptors (Lipinski definition) is 3. The predicted molar refractivity (Wildman–Crippen MR) is 76.6 cm³/mol. The molecule has 0 bridgehead atoms. The van der Waals surface area contributed by atoms with Gasteiger partial charge in [-0.1, -0.05) is 0 Å². The highest BCUT2D eigenvalue weighted by atomic mass is 32.1. The summed E-state index contributed by atoms with van der Waals surface area (Å²) in [7, 11) is 0. The third kappa shape index (κ3) is 2.93. The molecule has 0 aliphatic carbocycles. The van der Waals surface area contributed by atoms with Gasteiger partial charge in [0.15, 0.2) is 0 Å². The largest absolute Gasteiger partial charge is 0.296 e. The Bertz CT molecular complexity index is 442. The van der Waals surface area contributed by atoms with Gasteiger partial charge in [-0.25, -0.2) is 0 Å². The normalized spacial score (nSPS) is 20.4. The van der Waals surface area contributed by atoms with E-state index in [1.54, 1.807) is 4.88 Å². The predicted octanol–water partition coefficient (Wildman–Crippen LogP) is 4.00. The topological polar surface area (TPSA) is 27.0 Å². The Morgan fingerprint density at radius 3 is 3.06 bits per heavy atom. The molecular weight excluding hydrogens is 240 g/mol. The zero-order chi connectivity index (χ0) is 13.2. The van der Waals surface area contributed by atoms with Gasteiger partial charge in [-0.2, -0.15) is 5.26 Å². The van der Waals surface area contributed by atoms with Crippen molar-refractivity contribution in [2.45, 2.75) is 46.1 Å². The average Bonchev–Trinajstić information content (AvgIpc) is 2.81. The van der Waals surface area contributed by atoms with E-state index in [0.29, 0.717) is 6.04 Å². The molecule has 2 rings (SSSR count). The highest BCUT2D eigenvalue weighted by Crippen LogP contribution is 2.33. The summed E-state index contributed by atoms with van der Waals surface area (Å²) in [5.74, 6) is 0. The molecule has 98 valence electrons. The molecule has 0 saturated heterocycles. The van der Waals surface area contributed by atoms with E-state index >= 15 is 0 Å². The van der Waals surface area contributed by atoms with E-state index in [0.717, 1.165) is 19.4 Å². The number of rotatable bonds is 4. The third-order valence-electron chi connectivity index (χ3n) is 3.95. The van der Waals surface area contributed by atoms with Crippen LogP contribution in [0.2, 0.25) is 0 Å². The van der Waals surface area contributed by atoms with Crippen molar-refractivity contribution in [3.8, 4) is 6.07 Å². The fourth-order valence-electron chi connectivity index (χ4n) is 2.65. The molecule has 18 heavy (non-hydrogen) atoms. The van der Waals surface area contributed by atoms with Crippen LogP contribution in [0.25, 0.3) is 0 Å². The summed E-state index contributed by atoms with van der Waals surface area (Å²) in [6, 6.07) is 5.21. The first-order chi connectivity index (χ1) is 8.53. The Labute approximate surface area is 114 Å². The summed E-state index contributed by atoms with van der Waals surface area (Å²) in [6.07, 6.45) is 3.30. The van der Waals surface area contributed by atoms with Gasteiger partial charge in [0.05, 0.1) is 11.5 Å². The molecule has 1 unspecified atom stereocenters. The lowest BCUT2D eigenvalue weighted by atomic mass is 9.89. The molecule has 1 aromatic rings. The molecule has 1 aromatic heterocycles. The lowest BCUT2D eigenvalue weighted by molar-refractivity contribution is 0.190. The van der Waals surface area contributed by atoms with Crippen LogP contribution in [0.15, 0.2) is 11.4 Å². The van der Waals surface area contributed by atoms with Gasteiger partial charge in [0.2, 0.25) is 0 Å². The molecule has 2 heterocycles. The van der Waals surface area contributed by atoms with E-state index in [1.165, 1.54) is 18.5 Å². The highest BCUT2D eigenvalue weighted by molar-refractivity contribution is 7.10. The molecule has 2 nitrogen and oxygen atoms in total. The van der Waals surface area contributed by atoms with Gasteiger partial charge in [0.1, 0.15) is 0 Å². The Kier molecular flexibility index (Phi) is 4.09. The minimum atomic E-state index is -0.174. The van der Waals surface area contributed by atoms with Gasteiger partial charge in [0.25, 0.3) is 0 Å². The van der Waals surface area contributed by atoms with E-state index in [4.69, 9.17) is 5.26 Å². The first kappa shape index (κ1) is 13.6. The van der Waals surface area contributed by atoms with Crippen molar-refractivity contribution in [1.29, 1.82) is 5.26 Å². The van der Waals surface area contributed by atoms with Gasteiger partial charge in [-0.05, 0) is 63.6 Å². The summed E-state index contributed by atoms with van der Waals surface area (Å²) in [5.41, 5.74) is 1.35. The van der Waals surface area contributed by atoms with E-state index in [1.807, 2.05) is 25.2 Å². The van der Waals surface area contributed by atoms with Gasteiger partial charge in [0, 0.05) is 17.5 Å². The fourth-order valence-corrected chi connectivity index (χ4v) is 3.61. The first-order valence-corrected chi connectivity index (χ1v) is 7.63. The van der Waals surface area contributed by atoms with Gasteiger partial charge >= 0.3 is 0 Å². The fraction of sp³-hybridized carbons (Fsp3) is 0.667. The Morgan fingerprint density at radius 1 is 1.56 bits per heavy atom. The minimum Gasteiger partial charge on any atom is -0.296 e. The van der Waals surface area contributed by atoms with Crippen molar-refractivity contribution < 1.29 is 0 Å². The van der Waals surface area contributed by atoms with Crippen LogP contribution in [0.4, 0.5) is 0 Å². The summed E-state index contributed by atoms with van der Waals surface area (Å²) in [5, 5.41) is 11.2. The molecule has 0 N–H and O–H groups in total. The van der Waals surface area contributed by atoms with Crippen LogP contribution in [0.5, 0.6) is 0 Å². The molecule has 0 fully saturated rings. The molecule has 0 amide bonds. The molecule has 1 atom stereocenters. The number of thiophene rings is 1. The average molecular weight is 262 g/mol. The van der Waals surface area contributed by atoms with E-state index in [2.05, 4.69) is 29.3 Å². The quantitative estimate of drug-likeness (QED) is 0.820. The number of fused-ring (bicyclic) bond motifs is 1. The molecule has 0 spiro atoms. The zero-order valence-electron chi connectivity index (χ0n) is 11.6. The maximum absolute atomic E-state index is 9.02. The van der Waals surface area contributed by atoms with Gasteiger partial charge in [-0.15, -0.1) is 11.3 Å². The van der Waals surface area contributed by atoms with Crippen LogP contribution < -0.4 is 0 Å². The van der Waals surface area contributed by atoms with Crippen LogP contribution >= 0.6 is 11.3 Å². The van der Waals surface area contributed by atoms with Crippen molar-refractivity contribution in [2.24, 2.45) is 5.41 Å². The van der Waals surface area contributed by atoms with Crippen molar-refractivity contribution in [3.05, 3.63) is 21.9 Å². The lowest BCUT2D eigenvalue weighted by Gasteiger charge is -2.34. The zero-order valence-corrected chi connectivity index (χ0v) is 12.4. The van der Waals surface area contributed by atoms with Crippen molar-refractivity contribution in [1.82, 2.24) is 4.90 Å². The first-order valence-electron chi connectivity index (χ1n) is 6.75. The van der Waals surface area contributed by atoms with Crippen LogP contribution in [0.1, 0.15) is 50.1 Å². The molecule has 3 heteroatoms. The van der Waals surface area contributed by atoms with Gasteiger partial charge < -0.3 is 0 Å². The standard InChI is InChI=1S/C15H22N2S/c1-12-13-6-10-18-14(13)5-9-17(12)8-4-7-15(2,3)11-16/h6,10,12H,4-5,7-9H2,1-3H3. The second-order valence-corrected chi connectivity index (χ2v) is 6.86. The maximum Gasteiger partial charge on any atom is 0.0683 e. The maximum atomic E-state index is 9.02. The molecule has 1 aliphatic heterocycles. The van der Waals surface area contributed by atoms with E-state index in [9.17, 15) is 0 Å². The Balaban J connectivity index is 1.88. The minimum absolute atomic E-state index is 0.174. The smallest absolute Gasteiger partial charge is 0.0683 e. The van der Waals surface area contributed by atoms with Gasteiger partial charge in [-0.3, -0.25) is 4.90 Å². The number of nitriles is 1. The monoisotopic (exact) mass is 262 g/mol. The molecule has 0 radical (unpaired) electrons. The Morgan fingerprint density at radius 2 is 2.33 bits per heavy atom. The number of nitrogens with zero attached hydrogens (tertiary/aromatic N) is 2. The summed E-state index contributed by atoms with van der Waals surface area (Å²) in [6.45, 7) is 8.65. The van der Waals surface area contributed by atoms with Crippen molar-refractivity contribution in [2.75, 3.05) is 13.1 Å². The molecular formula is C15H22N2S. The SMILES string of the molecule is CC1c2ccsc2CCN1CCCC(C)(C)C#N. The summed E-state index contributed by atoms with van der Waals surface area (Å²) in [4.78, 5) is 4.12. The van der Waals surface area contributed by atoms with Crippen molar-refractivity contribution in [3.63, 3.8) is 0 Å². The van der Waals surface area contributed by atoms with Crippen LogP contribution in [-0.2, 0) is 6.42 Å². The highest BCUT2D eigenvalue weighted by Gasteiger charge is 2.25. The third-order valence-corrected chi connectivity index (χ3v) is 4.95. The number of hydrogen-bond donors (Lipinski definition) is 0. The molecule has 0 aromatic carbocycles. The van der Waals surface area contributed by atoms with Crippen LogP contribution in [0.3, 0.4) is 0 Å². The second kappa shape index (κ2) is 5.42. The Hall–Kier alpha value is -0.850. The van der Waals surface area contributed by atoms with Crippen LogP contribution in [0, 0.1) is 16.7 Å². The second-order valence-electron chi connectivity index (χ2n) is 5.86. The molecule has 0 saturated carbocycles. The van der Waals surface area contributed by atoms with Crippen molar-refractivity contribution >= 4 is 11.3 Å². The summed E-state index contributed by atoms with van der Waals surface area (Å²) >= 11 is 1.89. The van der Waals surface area contributed by atoms with E-state index in [-0.39, 0.29) is 5.41 Å². The summed E-state index contributed by atoms with van der Waals surface area (Å²) < 4.78 is 0. The molecule has 1 aliphatic rings. The lowest BCUT2D eigenvalue weighted by Crippen LogP contribution is -2.34.